The van der Waals surface area contributed by atoms with Crippen LogP contribution >= 0.6 is 15.9 Å². The molecule has 2 rings (SSSR count). The fourth-order valence-electron chi connectivity index (χ4n) is 1.94. The molecule has 1 N–H and O–H groups in total. The fraction of sp³-hybridized carbons (Fsp3) is 0.286. The number of aliphatic hydroxyl groups excluding tert-OH is 1. The molecule has 0 atom stereocenters. The zero-order valence-corrected chi connectivity index (χ0v) is 12.1. The maximum atomic E-state index is 9.39. The summed E-state index contributed by atoms with van der Waals surface area (Å²) >= 11 is 3.41. The van der Waals surface area contributed by atoms with Gasteiger partial charge >= 0.3 is 0 Å². The third-order valence-corrected chi connectivity index (χ3v) is 3.31. The highest BCUT2D eigenvalue weighted by molar-refractivity contribution is 9.10. The Morgan fingerprint density at radius 2 is 2.06 bits per heavy atom. The zero-order chi connectivity index (χ0) is 13.1. The quantitative estimate of drug-likeness (QED) is 0.939. The summed E-state index contributed by atoms with van der Waals surface area (Å²) in [6.07, 6.45) is 0. The number of nitrogens with zero attached hydrogens (tertiary/aromatic N) is 1. The van der Waals surface area contributed by atoms with Gasteiger partial charge in [0.2, 0.25) is 0 Å². The summed E-state index contributed by atoms with van der Waals surface area (Å²) in [5.74, 6) is 1.83. The van der Waals surface area contributed by atoms with Crippen molar-refractivity contribution in [3.05, 3.63) is 51.9 Å². The van der Waals surface area contributed by atoms with E-state index in [2.05, 4.69) is 20.8 Å². The number of hydrogen-bond donors (Lipinski definition) is 1. The smallest absolute Gasteiger partial charge is 0.123 e. The van der Waals surface area contributed by atoms with Crippen LogP contribution in [0.2, 0.25) is 0 Å². The lowest BCUT2D eigenvalue weighted by Gasteiger charge is -2.21. The Labute approximate surface area is 115 Å². The molecule has 4 heteroatoms. The molecule has 0 saturated heterocycles. The van der Waals surface area contributed by atoms with Crippen LogP contribution in [-0.4, -0.2) is 12.2 Å². The van der Waals surface area contributed by atoms with Gasteiger partial charge in [-0.05, 0) is 37.3 Å². The standard InChI is InChI=1S/C14H16BrNO2/c1-10-3-5-13(18-10)8-16(2)14-6-4-12(15)7-11(14)9-17/h3-7,17H,8-9H2,1-2H3. The van der Waals surface area contributed by atoms with Gasteiger partial charge < -0.3 is 14.4 Å². The number of furan rings is 1. The Hall–Kier alpha value is -1.26. The number of aliphatic hydroxyl groups is 1. The monoisotopic (exact) mass is 309 g/mol. The Morgan fingerprint density at radius 1 is 1.28 bits per heavy atom. The number of halogens is 1. The van der Waals surface area contributed by atoms with E-state index in [4.69, 9.17) is 4.42 Å². The third kappa shape index (κ3) is 2.94. The first kappa shape index (κ1) is 13.2. The van der Waals surface area contributed by atoms with Crippen LogP contribution in [-0.2, 0) is 13.2 Å². The highest BCUT2D eigenvalue weighted by Gasteiger charge is 2.09. The maximum absolute atomic E-state index is 9.39. The molecule has 0 aliphatic rings. The zero-order valence-electron chi connectivity index (χ0n) is 10.5. The van der Waals surface area contributed by atoms with E-state index in [0.717, 1.165) is 27.2 Å². The van der Waals surface area contributed by atoms with Gasteiger partial charge in [-0.25, -0.2) is 0 Å². The predicted molar refractivity (Wildman–Crippen MR) is 75.6 cm³/mol. The van der Waals surface area contributed by atoms with Crippen LogP contribution in [0.1, 0.15) is 17.1 Å². The molecule has 0 amide bonds. The summed E-state index contributed by atoms with van der Waals surface area (Å²) in [5.41, 5.74) is 1.91. The molecule has 96 valence electrons. The number of aryl methyl sites for hydroxylation is 1. The van der Waals surface area contributed by atoms with Crippen molar-refractivity contribution in [2.45, 2.75) is 20.1 Å². The van der Waals surface area contributed by atoms with Gasteiger partial charge in [0.1, 0.15) is 11.5 Å². The first-order chi connectivity index (χ1) is 8.60. The van der Waals surface area contributed by atoms with Crippen molar-refractivity contribution in [3.63, 3.8) is 0 Å². The van der Waals surface area contributed by atoms with Crippen LogP contribution in [0.25, 0.3) is 0 Å². The largest absolute Gasteiger partial charge is 0.464 e. The molecule has 0 saturated carbocycles. The molecule has 2 aromatic rings. The van der Waals surface area contributed by atoms with Crippen molar-refractivity contribution >= 4 is 21.6 Å². The van der Waals surface area contributed by atoms with Crippen LogP contribution in [0.15, 0.2) is 39.2 Å². The van der Waals surface area contributed by atoms with Gasteiger partial charge in [-0.15, -0.1) is 0 Å². The minimum atomic E-state index is 0.0241. The molecular formula is C14H16BrNO2. The number of benzene rings is 1. The summed E-state index contributed by atoms with van der Waals surface area (Å²) < 4.78 is 6.53. The van der Waals surface area contributed by atoms with Crippen molar-refractivity contribution in [2.24, 2.45) is 0 Å². The fourth-order valence-corrected chi connectivity index (χ4v) is 2.35. The summed E-state index contributed by atoms with van der Waals surface area (Å²) in [6.45, 7) is 2.64. The first-order valence-electron chi connectivity index (χ1n) is 5.76. The van der Waals surface area contributed by atoms with Crippen LogP contribution < -0.4 is 4.90 Å². The Bertz CT molecular complexity index is 536. The molecule has 1 aromatic heterocycles. The lowest BCUT2D eigenvalue weighted by Crippen LogP contribution is -2.17. The molecule has 0 radical (unpaired) electrons. The normalized spacial score (nSPS) is 10.7. The number of hydrogen-bond acceptors (Lipinski definition) is 3. The second kappa shape index (κ2) is 5.59. The molecule has 1 aromatic carbocycles. The van der Waals surface area contributed by atoms with Crippen molar-refractivity contribution in [3.8, 4) is 0 Å². The number of rotatable bonds is 4. The summed E-state index contributed by atoms with van der Waals surface area (Å²) in [5, 5.41) is 9.39. The maximum Gasteiger partial charge on any atom is 0.123 e. The highest BCUT2D eigenvalue weighted by Crippen LogP contribution is 2.25. The van der Waals surface area contributed by atoms with Gasteiger partial charge in [-0.3, -0.25) is 0 Å². The van der Waals surface area contributed by atoms with Gasteiger partial charge in [0.25, 0.3) is 0 Å². The van der Waals surface area contributed by atoms with E-state index in [0.29, 0.717) is 6.54 Å². The van der Waals surface area contributed by atoms with E-state index >= 15 is 0 Å². The van der Waals surface area contributed by atoms with E-state index < -0.39 is 0 Å². The Kier molecular flexibility index (Phi) is 4.09. The van der Waals surface area contributed by atoms with E-state index in [1.807, 2.05) is 44.3 Å². The molecular weight excluding hydrogens is 294 g/mol. The molecule has 18 heavy (non-hydrogen) atoms. The van der Waals surface area contributed by atoms with E-state index in [1.165, 1.54) is 0 Å². The Balaban J connectivity index is 2.20. The van der Waals surface area contributed by atoms with Crippen LogP contribution in [0.3, 0.4) is 0 Å². The van der Waals surface area contributed by atoms with Gasteiger partial charge in [-0.2, -0.15) is 0 Å². The van der Waals surface area contributed by atoms with Crippen LogP contribution in [0, 0.1) is 6.92 Å². The molecule has 0 aliphatic carbocycles. The predicted octanol–water partition coefficient (Wildman–Crippen LogP) is 3.48. The summed E-state index contributed by atoms with van der Waals surface area (Å²) in [7, 11) is 1.99. The topological polar surface area (TPSA) is 36.6 Å². The second-order valence-electron chi connectivity index (χ2n) is 4.30. The van der Waals surface area contributed by atoms with Crippen LogP contribution in [0.4, 0.5) is 5.69 Å². The first-order valence-corrected chi connectivity index (χ1v) is 6.55. The van der Waals surface area contributed by atoms with E-state index in [1.54, 1.807) is 0 Å². The molecule has 3 nitrogen and oxygen atoms in total. The number of anilines is 1. The molecule has 0 unspecified atom stereocenters. The molecule has 0 fully saturated rings. The van der Waals surface area contributed by atoms with Gasteiger partial charge in [0, 0.05) is 22.8 Å². The average molecular weight is 310 g/mol. The minimum absolute atomic E-state index is 0.0241. The minimum Gasteiger partial charge on any atom is -0.464 e. The van der Waals surface area contributed by atoms with Gasteiger partial charge in [-0.1, -0.05) is 15.9 Å². The third-order valence-electron chi connectivity index (χ3n) is 2.81. The van der Waals surface area contributed by atoms with Crippen LogP contribution in [0.5, 0.6) is 0 Å². The SMILES string of the molecule is Cc1ccc(CN(C)c2ccc(Br)cc2CO)o1. The summed E-state index contributed by atoms with van der Waals surface area (Å²) in [4.78, 5) is 2.07. The van der Waals surface area contributed by atoms with E-state index in [9.17, 15) is 5.11 Å². The van der Waals surface area contributed by atoms with Crippen molar-refractivity contribution in [1.82, 2.24) is 0 Å². The molecule has 0 bridgehead atoms. The lowest BCUT2D eigenvalue weighted by atomic mass is 10.1. The lowest BCUT2D eigenvalue weighted by molar-refractivity contribution is 0.282. The Morgan fingerprint density at radius 3 is 2.67 bits per heavy atom. The van der Waals surface area contributed by atoms with Gasteiger partial charge in [0.05, 0.1) is 13.2 Å². The highest BCUT2D eigenvalue weighted by atomic mass is 79.9. The van der Waals surface area contributed by atoms with E-state index in [-0.39, 0.29) is 6.61 Å². The van der Waals surface area contributed by atoms with Crippen molar-refractivity contribution < 1.29 is 9.52 Å². The average Bonchev–Trinajstić information content (AvgIpc) is 2.74. The van der Waals surface area contributed by atoms with Crippen molar-refractivity contribution in [1.29, 1.82) is 0 Å². The second-order valence-corrected chi connectivity index (χ2v) is 5.22. The van der Waals surface area contributed by atoms with Gasteiger partial charge in [0.15, 0.2) is 0 Å². The molecule has 1 heterocycles. The molecule has 0 aliphatic heterocycles. The van der Waals surface area contributed by atoms with Crippen molar-refractivity contribution in [2.75, 3.05) is 11.9 Å². The summed E-state index contributed by atoms with van der Waals surface area (Å²) in [6, 6.07) is 9.82. The molecule has 0 spiro atoms.